The van der Waals surface area contributed by atoms with Crippen molar-refractivity contribution in [1.82, 2.24) is 4.98 Å². The molecule has 2 aliphatic heterocycles. The molecule has 3 fully saturated rings. The summed E-state index contributed by atoms with van der Waals surface area (Å²) < 4.78 is 8.91. The first-order valence-corrected chi connectivity index (χ1v) is 13.9. The van der Waals surface area contributed by atoms with Gasteiger partial charge in [0, 0.05) is 37.6 Å². The highest BCUT2D eigenvalue weighted by atomic mass is 32.2. The first-order valence-electron chi connectivity index (χ1n) is 13.0. The zero-order chi connectivity index (χ0) is 25.8. The van der Waals surface area contributed by atoms with E-state index in [1.54, 1.807) is 12.1 Å². The second-order valence-corrected chi connectivity index (χ2v) is 11.1. The molecule has 3 heterocycles. The Labute approximate surface area is 222 Å². The maximum Gasteiger partial charge on any atom is 0.258 e. The highest BCUT2D eigenvalue weighted by molar-refractivity contribution is 8.00. The van der Waals surface area contributed by atoms with Crippen molar-refractivity contribution in [2.24, 2.45) is 5.41 Å². The maximum atomic E-state index is 13.6. The van der Waals surface area contributed by atoms with Crippen LogP contribution in [0.3, 0.4) is 0 Å². The van der Waals surface area contributed by atoms with Gasteiger partial charge in [0.15, 0.2) is 0 Å². The zero-order valence-corrected chi connectivity index (χ0v) is 22.0. The Morgan fingerprint density at radius 1 is 1.22 bits per heavy atom. The number of carbonyl (C=O) groups is 1. The quantitative estimate of drug-likeness (QED) is 0.351. The van der Waals surface area contributed by atoms with Gasteiger partial charge in [0.05, 0.1) is 42.2 Å². The number of aliphatic hydroxyl groups is 1. The van der Waals surface area contributed by atoms with Crippen LogP contribution in [-0.4, -0.2) is 67.2 Å². The maximum absolute atomic E-state index is 13.6. The van der Waals surface area contributed by atoms with Crippen LogP contribution >= 0.6 is 11.9 Å². The molecular formula is C27H34N6O3S. The lowest BCUT2D eigenvalue weighted by atomic mass is 9.93. The summed E-state index contributed by atoms with van der Waals surface area (Å²) in [6.45, 7) is 5.92. The molecule has 1 aromatic carbocycles. The van der Waals surface area contributed by atoms with E-state index in [4.69, 9.17) is 9.84 Å². The highest BCUT2D eigenvalue weighted by Crippen LogP contribution is 2.54. The van der Waals surface area contributed by atoms with Crippen molar-refractivity contribution in [3.05, 3.63) is 41.5 Å². The van der Waals surface area contributed by atoms with Crippen LogP contribution in [0.25, 0.3) is 0 Å². The predicted octanol–water partition coefficient (Wildman–Crippen LogP) is 3.86. The third-order valence-electron chi connectivity index (χ3n) is 7.50. The molecule has 3 aliphatic rings. The summed E-state index contributed by atoms with van der Waals surface area (Å²) in [6, 6.07) is 11.3. The number of aliphatic hydroxyl groups excluding tert-OH is 1. The summed E-state index contributed by atoms with van der Waals surface area (Å²) in [4.78, 5) is 22.6. The van der Waals surface area contributed by atoms with E-state index in [9.17, 15) is 10.1 Å². The summed E-state index contributed by atoms with van der Waals surface area (Å²) in [7, 11) is 0. The number of pyridine rings is 1. The Hall–Kier alpha value is -3.00. The zero-order valence-electron chi connectivity index (χ0n) is 21.2. The Morgan fingerprint density at radius 2 is 2.03 bits per heavy atom. The minimum absolute atomic E-state index is 0.0730. The SMILES string of the molecule is C[C@@H]1CN(c2cc(C#N)cc(NC(=O)c3ccc(NSCCO)cc3N3CCC4(CC3)CC4)n2)CCO1. The average molecular weight is 523 g/mol. The van der Waals surface area contributed by atoms with E-state index in [0.717, 1.165) is 37.3 Å². The molecule has 3 N–H and O–H groups in total. The van der Waals surface area contributed by atoms with Crippen LogP contribution in [0.15, 0.2) is 30.3 Å². The van der Waals surface area contributed by atoms with Crippen LogP contribution in [0, 0.1) is 16.7 Å². The van der Waals surface area contributed by atoms with Crippen LogP contribution in [0.5, 0.6) is 0 Å². The van der Waals surface area contributed by atoms with E-state index in [1.165, 1.54) is 24.8 Å². The van der Waals surface area contributed by atoms with Crippen molar-refractivity contribution in [3.63, 3.8) is 0 Å². The number of rotatable bonds is 8. The van der Waals surface area contributed by atoms with Crippen molar-refractivity contribution in [2.75, 3.05) is 65.0 Å². The first-order chi connectivity index (χ1) is 18.0. The topological polar surface area (TPSA) is 114 Å². The Kier molecular flexibility index (Phi) is 7.74. The van der Waals surface area contributed by atoms with Gasteiger partial charge in [-0.3, -0.25) is 4.79 Å². The van der Waals surface area contributed by atoms with Crippen LogP contribution < -0.4 is 19.8 Å². The number of benzene rings is 1. The molecule has 0 radical (unpaired) electrons. The number of nitriles is 1. The second-order valence-electron chi connectivity index (χ2n) is 10.2. The monoisotopic (exact) mass is 522 g/mol. The van der Waals surface area contributed by atoms with E-state index in [1.807, 2.05) is 25.1 Å². The fraction of sp³-hybridized carbons (Fsp3) is 0.519. The van der Waals surface area contributed by atoms with Gasteiger partial charge in [-0.1, -0.05) is 11.9 Å². The van der Waals surface area contributed by atoms with Crippen molar-refractivity contribution in [2.45, 2.75) is 38.7 Å². The summed E-state index contributed by atoms with van der Waals surface area (Å²) in [5, 5.41) is 21.7. The second kappa shape index (κ2) is 11.2. The van der Waals surface area contributed by atoms with E-state index < -0.39 is 0 Å². The standard InChI is InChI=1S/C27H34N6O3S/c1-19-18-33(10-12-36-19)25-15-20(17-28)14-24(29-25)30-26(35)22-3-2-21(31-37-13-11-34)16-23(22)32-8-6-27(4-5-27)7-9-32/h2-3,14-16,19,31,34H,4-13,18H2,1H3,(H,29,30,35)/t19-/m1/s1. The molecular weight excluding hydrogens is 488 g/mol. The molecule has 9 nitrogen and oxygen atoms in total. The van der Waals surface area contributed by atoms with Crippen molar-refractivity contribution < 1.29 is 14.6 Å². The number of anilines is 4. The molecule has 196 valence electrons. The van der Waals surface area contributed by atoms with E-state index in [-0.39, 0.29) is 18.6 Å². The van der Waals surface area contributed by atoms with Gasteiger partial charge in [0.2, 0.25) is 0 Å². The Balaban J connectivity index is 1.38. The number of aromatic nitrogens is 1. The first kappa shape index (κ1) is 25.6. The fourth-order valence-electron chi connectivity index (χ4n) is 5.14. The number of amides is 1. The van der Waals surface area contributed by atoms with Crippen LogP contribution in [-0.2, 0) is 4.74 Å². The smallest absolute Gasteiger partial charge is 0.258 e. The number of morpholine rings is 1. The molecule has 0 unspecified atom stereocenters. The summed E-state index contributed by atoms with van der Waals surface area (Å²) >= 11 is 1.43. The lowest BCUT2D eigenvalue weighted by Gasteiger charge is -2.35. The van der Waals surface area contributed by atoms with Gasteiger partial charge in [-0.15, -0.1) is 0 Å². The van der Waals surface area contributed by atoms with Crippen molar-refractivity contribution in [1.29, 1.82) is 5.26 Å². The molecule has 1 atom stereocenters. The third-order valence-corrected chi connectivity index (χ3v) is 8.26. The van der Waals surface area contributed by atoms with Gasteiger partial charge in [-0.25, -0.2) is 4.98 Å². The Morgan fingerprint density at radius 3 is 2.73 bits per heavy atom. The van der Waals surface area contributed by atoms with Gasteiger partial charge in [-0.2, -0.15) is 5.26 Å². The van der Waals surface area contributed by atoms with Gasteiger partial charge in [0.25, 0.3) is 5.91 Å². The van der Waals surface area contributed by atoms with Gasteiger partial charge < -0.3 is 29.7 Å². The van der Waals surface area contributed by atoms with Crippen molar-refractivity contribution >= 4 is 40.9 Å². The van der Waals surface area contributed by atoms with Crippen LogP contribution in [0.1, 0.15) is 48.5 Å². The average Bonchev–Trinajstić information content (AvgIpc) is 3.67. The number of hydrogen-bond acceptors (Lipinski definition) is 9. The van der Waals surface area contributed by atoms with E-state index in [0.29, 0.717) is 53.6 Å². The molecule has 2 aromatic rings. The van der Waals surface area contributed by atoms with E-state index >= 15 is 0 Å². The molecule has 1 amide bonds. The lowest BCUT2D eigenvalue weighted by molar-refractivity contribution is 0.0529. The third kappa shape index (κ3) is 6.12. The van der Waals surface area contributed by atoms with Crippen LogP contribution in [0.2, 0.25) is 0 Å². The molecule has 0 bridgehead atoms. The largest absolute Gasteiger partial charge is 0.395 e. The van der Waals surface area contributed by atoms with Gasteiger partial charge in [-0.05, 0) is 68.4 Å². The summed E-state index contributed by atoms with van der Waals surface area (Å²) in [5.41, 5.74) is 3.34. The molecule has 37 heavy (non-hydrogen) atoms. The number of piperidine rings is 1. The minimum atomic E-state index is -0.250. The van der Waals surface area contributed by atoms with Gasteiger partial charge in [0.1, 0.15) is 11.6 Å². The number of nitrogens with zero attached hydrogens (tertiary/aromatic N) is 4. The van der Waals surface area contributed by atoms with E-state index in [2.05, 4.69) is 30.9 Å². The molecule has 5 rings (SSSR count). The summed E-state index contributed by atoms with van der Waals surface area (Å²) in [6.07, 6.45) is 5.01. The molecule has 1 aliphatic carbocycles. The number of ether oxygens (including phenoxy) is 1. The van der Waals surface area contributed by atoms with Gasteiger partial charge >= 0.3 is 0 Å². The minimum Gasteiger partial charge on any atom is -0.395 e. The molecule has 1 saturated carbocycles. The normalized spacial score (nSPS) is 20.4. The molecule has 1 spiro atoms. The lowest BCUT2D eigenvalue weighted by Crippen LogP contribution is -2.41. The number of carbonyl (C=O) groups excluding carboxylic acids is 1. The van der Waals surface area contributed by atoms with Crippen molar-refractivity contribution in [3.8, 4) is 6.07 Å². The number of nitrogens with one attached hydrogen (secondary N) is 2. The molecule has 10 heteroatoms. The summed E-state index contributed by atoms with van der Waals surface area (Å²) in [5.74, 6) is 1.35. The predicted molar refractivity (Wildman–Crippen MR) is 147 cm³/mol. The molecule has 1 aromatic heterocycles. The van der Waals surface area contributed by atoms with Crippen LogP contribution in [0.4, 0.5) is 23.0 Å². The highest BCUT2D eigenvalue weighted by Gasteiger charge is 2.44. The molecule has 2 saturated heterocycles. The fourth-order valence-corrected chi connectivity index (χ4v) is 5.63. The Bertz CT molecular complexity index is 1170. The number of hydrogen-bond donors (Lipinski definition) is 3.